The molecule has 168 valence electrons. The van der Waals surface area contributed by atoms with E-state index in [4.69, 9.17) is 5.73 Å². The van der Waals surface area contributed by atoms with Crippen LogP contribution in [0.1, 0.15) is 26.7 Å². The predicted octanol–water partition coefficient (Wildman–Crippen LogP) is 3.06. The van der Waals surface area contributed by atoms with Gasteiger partial charge in [0, 0.05) is 37.6 Å². The number of fused-ring (bicyclic) bond motifs is 1. The Morgan fingerprint density at radius 1 is 1.22 bits per heavy atom. The Balaban J connectivity index is 1.57. The number of phenolic OH excluding ortho intramolecular Hbond substituents is 1. The quantitative estimate of drug-likeness (QED) is 0.531. The van der Waals surface area contributed by atoms with Gasteiger partial charge in [-0.15, -0.1) is 0 Å². The molecule has 3 aromatic rings. The van der Waals surface area contributed by atoms with Gasteiger partial charge in [-0.1, -0.05) is 11.3 Å². The van der Waals surface area contributed by atoms with Gasteiger partial charge < -0.3 is 20.8 Å². The zero-order valence-corrected chi connectivity index (χ0v) is 18.6. The third kappa shape index (κ3) is 3.91. The van der Waals surface area contributed by atoms with Gasteiger partial charge in [0.1, 0.15) is 5.75 Å². The van der Waals surface area contributed by atoms with Gasteiger partial charge in [0.05, 0.1) is 15.6 Å². The number of primary amides is 1. The minimum Gasteiger partial charge on any atom is -0.506 e. The van der Waals surface area contributed by atoms with Crippen molar-refractivity contribution in [3.63, 3.8) is 0 Å². The minimum atomic E-state index is -0.772. The van der Waals surface area contributed by atoms with Gasteiger partial charge in [-0.25, -0.2) is 19.7 Å². The molecule has 0 bridgehead atoms. The molecule has 1 aliphatic heterocycles. The average molecular weight is 457 g/mol. The molecule has 0 saturated carbocycles. The summed E-state index contributed by atoms with van der Waals surface area (Å²) in [7, 11) is 0. The number of anilines is 2. The third-order valence-corrected chi connectivity index (χ3v) is 7.03. The van der Waals surface area contributed by atoms with E-state index in [1.165, 1.54) is 16.2 Å². The second-order valence-electron chi connectivity index (χ2n) is 8.05. The third-order valence-electron chi connectivity index (χ3n) is 5.91. The van der Waals surface area contributed by atoms with Gasteiger partial charge in [0.25, 0.3) is 0 Å². The number of hydrogen-bond acceptors (Lipinski definition) is 8. The molecule has 1 aromatic carbocycles. The maximum absolute atomic E-state index is 11.6. The normalized spacial score (nSPS) is 15.6. The number of piperidine rings is 1. The highest BCUT2D eigenvalue weighted by Gasteiger charge is 2.37. The maximum Gasteiger partial charge on any atom is 0.321 e. The number of rotatable bonds is 5. The number of carbonyl (C=O) groups excluding carboxylic acids is 1. The first-order valence-corrected chi connectivity index (χ1v) is 11.0. The predicted molar refractivity (Wildman–Crippen MR) is 122 cm³/mol. The van der Waals surface area contributed by atoms with E-state index in [1.54, 1.807) is 38.4 Å². The second kappa shape index (κ2) is 8.23. The molecule has 0 aliphatic carbocycles. The topological polar surface area (TPSA) is 146 Å². The number of aromatic nitrogens is 3. The van der Waals surface area contributed by atoms with Crippen molar-refractivity contribution in [1.29, 1.82) is 0 Å². The Hall–Kier alpha value is -3.47. The second-order valence-corrected chi connectivity index (χ2v) is 9.02. The van der Waals surface area contributed by atoms with Crippen molar-refractivity contribution in [3.05, 3.63) is 24.5 Å². The average Bonchev–Trinajstić information content (AvgIpc) is 3.19. The van der Waals surface area contributed by atoms with E-state index >= 15 is 0 Å². The van der Waals surface area contributed by atoms with Crippen LogP contribution in [-0.2, 0) is 4.79 Å². The van der Waals surface area contributed by atoms with Gasteiger partial charge in [-0.3, -0.25) is 9.69 Å². The van der Waals surface area contributed by atoms with Crippen LogP contribution in [0.2, 0.25) is 0 Å². The Kier molecular flexibility index (Phi) is 5.59. The molecule has 1 saturated heterocycles. The molecule has 0 atom stereocenters. The van der Waals surface area contributed by atoms with Crippen molar-refractivity contribution < 1.29 is 19.8 Å². The molecule has 0 radical (unpaired) electrons. The van der Waals surface area contributed by atoms with Gasteiger partial charge in [-0.05, 0) is 44.4 Å². The zero-order valence-electron chi connectivity index (χ0n) is 17.8. The van der Waals surface area contributed by atoms with Crippen molar-refractivity contribution in [2.24, 2.45) is 11.1 Å². The number of thiazole rings is 1. The lowest BCUT2D eigenvalue weighted by Crippen LogP contribution is -2.43. The zero-order chi connectivity index (χ0) is 23.0. The summed E-state index contributed by atoms with van der Waals surface area (Å²) >= 11 is 1.20. The first-order valence-electron chi connectivity index (χ1n) is 10.2. The fraction of sp³-hybridized carbons (Fsp3) is 0.381. The van der Waals surface area contributed by atoms with E-state index in [-0.39, 0.29) is 5.75 Å². The molecule has 2 aromatic heterocycles. The number of amides is 2. The van der Waals surface area contributed by atoms with Crippen molar-refractivity contribution in [3.8, 4) is 16.9 Å². The number of benzene rings is 1. The highest BCUT2D eigenvalue weighted by molar-refractivity contribution is 7.22. The number of aliphatic carboxylic acids is 1. The first kappa shape index (κ1) is 21.8. The summed E-state index contributed by atoms with van der Waals surface area (Å²) in [5.41, 5.74) is 6.64. The monoisotopic (exact) mass is 456 g/mol. The lowest BCUT2D eigenvalue weighted by Gasteiger charge is -2.36. The largest absolute Gasteiger partial charge is 0.506 e. The molecule has 3 heterocycles. The molecule has 0 unspecified atom stereocenters. The molecule has 2 amide bonds. The minimum absolute atomic E-state index is 0.0508. The number of nitrogens with two attached hydrogens (primary N) is 1. The summed E-state index contributed by atoms with van der Waals surface area (Å²) in [6, 6.07) is 2.82. The molecule has 11 heteroatoms. The van der Waals surface area contributed by atoms with Crippen LogP contribution in [0.15, 0.2) is 24.5 Å². The number of urea groups is 1. The Morgan fingerprint density at radius 3 is 2.44 bits per heavy atom. The molecule has 10 nitrogen and oxygen atoms in total. The Labute approximate surface area is 188 Å². The number of carboxylic acids is 1. The number of aromatic hydroxyl groups is 1. The van der Waals surface area contributed by atoms with Gasteiger partial charge in [-0.2, -0.15) is 0 Å². The molecule has 1 aliphatic rings. The van der Waals surface area contributed by atoms with Crippen molar-refractivity contribution in [1.82, 2.24) is 15.0 Å². The summed E-state index contributed by atoms with van der Waals surface area (Å²) < 4.78 is 0.566. The van der Waals surface area contributed by atoms with Crippen molar-refractivity contribution >= 4 is 44.6 Å². The number of phenols is 1. The standard InChI is InChI=1S/C21H24N6O4S/c1-3-27(18(22)31)20-25-14-8-12(9-15(28)16(14)32-20)13-10-23-19(24-11-13)26-6-4-21(2,5-7-26)17(29)30/h8-11,28H,3-7H2,1-2H3,(H2,22,31)(H,29,30). The number of hydrogen-bond donors (Lipinski definition) is 3. The summed E-state index contributed by atoms with van der Waals surface area (Å²) in [5.74, 6) is -0.177. The van der Waals surface area contributed by atoms with E-state index in [9.17, 15) is 19.8 Å². The lowest BCUT2D eigenvalue weighted by atomic mass is 9.80. The highest BCUT2D eigenvalue weighted by Crippen LogP contribution is 2.38. The van der Waals surface area contributed by atoms with Crippen LogP contribution in [0, 0.1) is 5.41 Å². The van der Waals surface area contributed by atoms with Gasteiger partial charge in [0.2, 0.25) is 5.95 Å². The molecular formula is C21H24N6O4S. The molecule has 32 heavy (non-hydrogen) atoms. The van der Waals surface area contributed by atoms with Gasteiger partial charge >= 0.3 is 12.0 Å². The Morgan fingerprint density at radius 2 is 1.88 bits per heavy atom. The number of nitrogens with zero attached hydrogens (tertiary/aromatic N) is 5. The SMILES string of the molecule is CCN(C(N)=O)c1nc2cc(-c3cnc(N4CCC(C)(C(=O)O)CC4)nc3)cc(O)c2s1. The molecule has 0 spiro atoms. The van der Waals surface area contributed by atoms with E-state index in [1.807, 2.05) is 4.90 Å². The van der Waals surface area contributed by atoms with Crippen LogP contribution in [-0.4, -0.2) is 56.8 Å². The summed E-state index contributed by atoms with van der Waals surface area (Å²) in [4.78, 5) is 39.7. The summed E-state index contributed by atoms with van der Waals surface area (Å²) in [5, 5.41) is 20.3. The lowest BCUT2D eigenvalue weighted by molar-refractivity contribution is -0.149. The van der Waals surface area contributed by atoms with Crippen LogP contribution < -0.4 is 15.5 Å². The number of carboxylic acid groups (broad SMARTS) is 1. The Bertz CT molecular complexity index is 1170. The number of carbonyl (C=O) groups is 2. The van der Waals surface area contributed by atoms with Gasteiger partial charge in [0.15, 0.2) is 5.13 Å². The van der Waals surface area contributed by atoms with E-state index < -0.39 is 17.4 Å². The van der Waals surface area contributed by atoms with Crippen LogP contribution in [0.25, 0.3) is 21.3 Å². The van der Waals surface area contributed by atoms with Crippen LogP contribution in [0.3, 0.4) is 0 Å². The van der Waals surface area contributed by atoms with Crippen molar-refractivity contribution in [2.45, 2.75) is 26.7 Å². The maximum atomic E-state index is 11.6. The van der Waals surface area contributed by atoms with Crippen molar-refractivity contribution in [2.75, 3.05) is 29.4 Å². The molecule has 4 rings (SSSR count). The molecule has 4 N–H and O–H groups in total. The molecule has 1 fully saturated rings. The van der Waals surface area contributed by atoms with E-state index in [0.29, 0.717) is 64.9 Å². The van der Waals surface area contributed by atoms with E-state index in [0.717, 1.165) is 0 Å². The molecular weight excluding hydrogens is 432 g/mol. The smallest absolute Gasteiger partial charge is 0.321 e. The van der Waals surface area contributed by atoms with Crippen LogP contribution in [0.5, 0.6) is 5.75 Å². The first-order chi connectivity index (χ1) is 15.2. The fourth-order valence-electron chi connectivity index (χ4n) is 3.72. The van der Waals surface area contributed by atoms with E-state index in [2.05, 4.69) is 15.0 Å². The summed E-state index contributed by atoms with van der Waals surface area (Å²) in [6.45, 7) is 5.09. The van der Waals surface area contributed by atoms with Crippen LogP contribution in [0.4, 0.5) is 15.9 Å². The fourth-order valence-corrected chi connectivity index (χ4v) is 4.75. The highest BCUT2D eigenvalue weighted by atomic mass is 32.1. The summed E-state index contributed by atoms with van der Waals surface area (Å²) in [6.07, 6.45) is 4.40. The van der Waals surface area contributed by atoms with Crippen LogP contribution >= 0.6 is 11.3 Å².